The third kappa shape index (κ3) is 9.16. The zero-order chi connectivity index (χ0) is 43.4. The van der Waals surface area contributed by atoms with E-state index in [0.717, 1.165) is 54.7 Å². The minimum atomic E-state index is -1.17. The first kappa shape index (κ1) is 42.8. The average molecular weight is 856 g/mol. The van der Waals surface area contributed by atoms with Crippen LogP contribution < -0.4 is 20.1 Å². The van der Waals surface area contributed by atoms with Gasteiger partial charge in [-0.3, -0.25) is 9.78 Å². The summed E-state index contributed by atoms with van der Waals surface area (Å²) in [6, 6.07) is 29.5. The number of fused-ring (bicyclic) bond motifs is 3. The Kier molecular flexibility index (Phi) is 12.6. The summed E-state index contributed by atoms with van der Waals surface area (Å²) in [4.78, 5) is 43.0. The summed E-state index contributed by atoms with van der Waals surface area (Å²) < 4.78 is 13.0. The van der Waals surface area contributed by atoms with E-state index >= 15 is 0 Å². The zero-order valence-corrected chi connectivity index (χ0v) is 36.0. The topological polar surface area (TPSA) is 147 Å². The summed E-state index contributed by atoms with van der Waals surface area (Å²) >= 11 is 6.32. The molecule has 8 rings (SSSR count). The lowest BCUT2D eigenvalue weighted by Gasteiger charge is -2.47. The van der Waals surface area contributed by atoms with Gasteiger partial charge in [0, 0.05) is 39.4 Å². The number of aliphatic carboxylic acids is 1. The number of carboxylic acid groups (broad SMARTS) is 2. The fraction of sp³-hybridized carbons (Fsp3) is 0.373. The Labute approximate surface area is 368 Å². The first-order valence-electron chi connectivity index (χ1n) is 21.8. The highest BCUT2D eigenvalue weighted by Crippen LogP contribution is 2.57. The maximum Gasteiger partial charge on any atom is 0.336 e. The van der Waals surface area contributed by atoms with Gasteiger partial charge >= 0.3 is 11.9 Å². The van der Waals surface area contributed by atoms with Gasteiger partial charge in [-0.15, -0.1) is 0 Å². The van der Waals surface area contributed by atoms with Crippen molar-refractivity contribution < 1.29 is 34.1 Å². The fourth-order valence-corrected chi connectivity index (χ4v) is 10.5. The van der Waals surface area contributed by atoms with Gasteiger partial charge < -0.3 is 30.3 Å². The number of amides is 1. The van der Waals surface area contributed by atoms with Crippen LogP contribution in [0.2, 0.25) is 5.02 Å². The molecule has 3 atom stereocenters. The van der Waals surface area contributed by atoms with Crippen LogP contribution in [0.3, 0.4) is 0 Å². The number of carbonyl (C=O) groups excluding carboxylic acids is 1. The number of halogens is 1. The number of ether oxygens (including phenoxy) is 2. The minimum Gasteiger partial charge on any atom is -0.493 e. The van der Waals surface area contributed by atoms with Crippen LogP contribution in [-0.4, -0.2) is 45.2 Å². The van der Waals surface area contributed by atoms with Gasteiger partial charge in [0.25, 0.3) is 0 Å². The average Bonchev–Trinajstić information content (AvgIpc) is 3.54. The highest BCUT2D eigenvalue weighted by Gasteiger charge is 2.54. The van der Waals surface area contributed by atoms with E-state index in [-0.39, 0.29) is 41.7 Å². The van der Waals surface area contributed by atoms with Gasteiger partial charge in [0.15, 0.2) is 0 Å². The number of nitrogens with one attached hydrogen (secondary N) is 2. The van der Waals surface area contributed by atoms with Crippen molar-refractivity contribution in [3.05, 3.63) is 147 Å². The second-order valence-corrected chi connectivity index (χ2v) is 18.1. The van der Waals surface area contributed by atoms with E-state index in [9.17, 15) is 24.6 Å². The number of aryl methyl sites for hydroxylation is 1. The van der Waals surface area contributed by atoms with E-state index in [2.05, 4.69) is 41.6 Å². The molecule has 0 aliphatic heterocycles. The van der Waals surface area contributed by atoms with Crippen molar-refractivity contribution in [3.63, 3.8) is 0 Å². The molecule has 322 valence electrons. The number of hydrogen-bond acceptors (Lipinski definition) is 7. The van der Waals surface area contributed by atoms with Crippen molar-refractivity contribution in [1.82, 2.24) is 4.98 Å². The monoisotopic (exact) mass is 855 g/mol. The van der Waals surface area contributed by atoms with Crippen molar-refractivity contribution in [2.75, 3.05) is 17.2 Å². The molecule has 1 saturated carbocycles. The summed E-state index contributed by atoms with van der Waals surface area (Å²) in [5.41, 5.74) is 5.81. The molecule has 1 fully saturated rings. The van der Waals surface area contributed by atoms with Crippen LogP contribution in [0.5, 0.6) is 11.5 Å². The molecule has 1 unspecified atom stereocenters. The van der Waals surface area contributed by atoms with E-state index in [1.165, 1.54) is 17.2 Å². The van der Waals surface area contributed by atoms with Crippen LogP contribution in [0, 0.1) is 11.8 Å². The highest BCUT2D eigenvalue weighted by atomic mass is 35.5. The third-order valence-electron chi connectivity index (χ3n) is 13.5. The van der Waals surface area contributed by atoms with E-state index in [0.29, 0.717) is 65.9 Å². The number of carboxylic acids is 2. The van der Waals surface area contributed by atoms with E-state index in [4.69, 9.17) is 21.1 Å². The molecule has 1 amide bonds. The Morgan fingerprint density at radius 1 is 0.903 bits per heavy atom. The van der Waals surface area contributed by atoms with Gasteiger partial charge in [0.1, 0.15) is 23.6 Å². The van der Waals surface area contributed by atoms with Gasteiger partial charge in [-0.1, -0.05) is 67.9 Å². The molecule has 4 N–H and O–H groups in total. The van der Waals surface area contributed by atoms with E-state index in [1.54, 1.807) is 24.3 Å². The summed E-state index contributed by atoms with van der Waals surface area (Å²) in [6.45, 7) is 5.03. The minimum absolute atomic E-state index is 0.0311. The van der Waals surface area contributed by atoms with Crippen molar-refractivity contribution >= 4 is 40.8 Å². The quantitative estimate of drug-likeness (QED) is 0.0808. The summed E-state index contributed by atoms with van der Waals surface area (Å²) in [5, 5.41) is 27.6. The van der Waals surface area contributed by atoms with Gasteiger partial charge in [-0.05, 0) is 152 Å². The lowest BCUT2D eigenvalue weighted by Crippen LogP contribution is -2.53. The normalized spacial score (nSPS) is 21.9. The first-order chi connectivity index (χ1) is 29.9. The first-order valence-corrected chi connectivity index (χ1v) is 22.1. The summed E-state index contributed by atoms with van der Waals surface area (Å²) in [5.74, 6) is 0.195. The number of pyridine rings is 1. The van der Waals surface area contributed by atoms with Gasteiger partial charge in [-0.25, -0.2) is 9.59 Å². The van der Waals surface area contributed by atoms with Gasteiger partial charge in [-0.2, -0.15) is 0 Å². The van der Waals surface area contributed by atoms with E-state index < -0.39 is 17.5 Å². The molecule has 10 nitrogen and oxygen atoms in total. The van der Waals surface area contributed by atoms with Crippen molar-refractivity contribution in [2.45, 2.75) is 102 Å². The fourth-order valence-electron chi connectivity index (χ4n) is 10.3. The summed E-state index contributed by atoms with van der Waals surface area (Å²) in [6.07, 6.45) is 9.13. The Hall–Kier alpha value is -5.87. The molecular weight excluding hydrogens is 802 g/mol. The molecule has 11 heteroatoms. The molecule has 4 aromatic carbocycles. The predicted octanol–water partition coefficient (Wildman–Crippen LogP) is 10.7. The van der Waals surface area contributed by atoms with Crippen LogP contribution in [0.1, 0.15) is 109 Å². The van der Waals surface area contributed by atoms with E-state index in [1.807, 2.05) is 60.8 Å². The SMILES string of the molecule is C[C@@H](COc1ccnc2c1[C@H](C)CCC2)CC1Cc2ccc(OCc3cc(NC(=O)Cc4ccccc4)ccc3C(=O)O)cc2C12CCC(Nc1cccc(Cl)c1)(C(=O)O)CC2. The number of nitrogens with zero attached hydrogens (tertiary/aromatic N) is 1. The number of aromatic nitrogens is 1. The zero-order valence-electron chi connectivity index (χ0n) is 35.3. The lowest BCUT2D eigenvalue weighted by molar-refractivity contribution is -0.144. The molecule has 5 aromatic rings. The van der Waals surface area contributed by atoms with Gasteiger partial charge in [0.05, 0.1) is 18.6 Å². The molecule has 0 bridgehead atoms. The van der Waals surface area contributed by atoms with Gasteiger partial charge in [0.2, 0.25) is 5.91 Å². The lowest BCUT2D eigenvalue weighted by atomic mass is 9.59. The predicted molar refractivity (Wildman–Crippen MR) is 241 cm³/mol. The van der Waals surface area contributed by atoms with Crippen molar-refractivity contribution in [2.24, 2.45) is 11.8 Å². The van der Waals surface area contributed by atoms with Crippen LogP contribution in [0.15, 0.2) is 103 Å². The van der Waals surface area contributed by atoms with Crippen LogP contribution in [0.4, 0.5) is 11.4 Å². The largest absolute Gasteiger partial charge is 0.493 e. The van der Waals surface area contributed by atoms with Crippen molar-refractivity contribution in [3.8, 4) is 11.5 Å². The third-order valence-corrected chi connectivity index (χ3v) is 13.7. The maximum absolute atomic E-state index is 13.1. The smallest absolute Gasteiger partial charge is 0.336 e. The number of rotatable bonds is 15. The molecule has 0 radical (unpaired) electrons. The second kappa shape index (κ2) is 18.2. The number of hydrogen-bond donors (Lipinski definition) is 4. The number of anilines is 2. The van der Waals surface area contributed by atoms with Crippen LogP contribution in [-0.2, 0) is 40.9 Å². The number of aromatic carboxylic acids is 1. The molecular formula is C51H54ClN3O7. The Morgan fingerprint density at radius 2 is 1.71 bits per heavy atom. The number of benzene rings is 4. The van der Waals surface area contributed by atoms with Crippen molar-refractivity contribution in [1.29, 1.82) is 0 Å². The molecule has 3 aliphatic carbocycles. The van der Waals surface area contributed by atoms with Crippen LogP contribution >= 0.6 is 11.6 Å². The molecule has 0 saturated heterocycles. The number of carbonyl (C=O) groups is 3. The van der Waals surface area contributed by atoms with Crippen LogP contribution in [0.25, 0.3) is 0 Å². The Morgan fingerprint density at radius 3 is 2.47 bits per heavy atom. The highest BCUT2D eigenvalue weighted by molar-refractivity contribution is 6.30. The molecule has 1 heterocycles. The molecule has 62 heavy (non-hydrogen) atoms. The maximum atomic E-state index is 13.1. The molecule has 3 aliphatic rings. The molecule has 1 aromatic heterocycles. The molecule has 1 spiro atoms. The summed E-state index contributed by atoms with van der Waals surface area (Å²) in [7, 11) is 0. The Balaban J connectivity index is 1.03. The Bertz CT molecular complexity index is 2450. The second-order valence-electron chi connectivity index (χ2n) is 17.7. The standard InChI is InChI=1S/C51H54ClN3O7/c1-32(30-62-45-18-23-53-44-13-6-8-33(2)47(44)45)24-37-26-35-14-16-41(29-43(35)50(37)19-21-51(22-20-50,49(59)60)55-40-12-7-11-38(52)28-40)61-31-36-27-39(15-17-42(36)48(57)58)54-46(56)25-34-9-4-3-5-10-34/h3-5,7,9-12,14-18,23,27-29,32-33,37,55H,6,8,13,19-22,24-26,30-31H2,1-2H3,(H,54,56)(H,57,58)(H,59,60)/t32-,33-,37?,50?,51?/m1/s1.